The Morgan fingerprint density at radius 1 is 1.27 bits per heavy atom. The zero-order valence-electron chi connectivity index (χ0n) is 9.53. The molecule has 2 heteroatoms. The second kappa shape index (κ2) is 4.99. The molecular weight excluding hydrogens is 188 g/mol. The molecule has 2 nitrogen and oxygen atoms in total. The molecule has 1 aromatic rings. The van der Waals surface area contributed by atoms with Crippen molar-refractivity contribution in [1.82, 2.24) is 0 Å². The molecule has 0 aliphatic heterocycles. The van der Waals surface area contributed by atoms with Crippen LogP contribution in [0.1, 0.15) is 32.4 Å². The van der Waals surface area contributed by atoms with E-state index in [9.17, 15) is 5.11 Å². The largest absolute Gasteiger partial charge is 0.491 e. The van der Waals surface area contributed by atoms with Crippen LogP contribution < -0.4 is 4.74 Å². The normalized spacial score (nSPS) is 12.6. The maximum Gasteiger partial charge on any atom is 0.119 e. The number of rotatable bonds is 4. The minimum absolute atomic E-state index is 0.168. The van der Waals surface area contributed by atoms with Crippen LogP contribution >= 0.6 is 0 Å². The Kier molecular flexibility index (Phi) is 3.92. The molecule has 1 unspecified atom stereocenters. The van der Waals surface area contributed by atoms with Crippen LogP contribution in [-0.2, 0) is 0 Å². The quantitative estimate of drug-likeness (QED) is 0.767. The molecule has 82 valence electrons. The first kappa shape index (κ1) is 11.8. The molecule has 1 atom stereocenters. The highest BCUT2D eigenvalue weighted by molar-refractivity contribution is 5.31. The Labute approximate surface area is 91.2 Å². The second-order valence-corrected chi connectivity index (χ2v) is 3.98. The van der Waals surface area contributed by atoms with E-state index in [1.165, 1.54) is 0 Å². The Hall–Kier alpha value is -1.28. The van der Waals surface area contributed by atoms with Gasteiger partial charge in [-0.1, -0.05) is 18.7 Å². The molecule has 0 amide bonds. The minimum atomic E-state index is -0.585. The molecule has 0 spiro atoms. The van der Waals surface area contributed by atoms with Gasteiger partial charge in [-0.25, -0.2) is 0 Å². The standard InChI is InChI=1S/C13H18O2/c1-9(2)13(14)11-5-7-12(8-6-11)15-10(3)4/h5-8,10,13-14H,1H2,2-4H3. The highest BCUT2D eigenvalue weighted by Crippen LogP contribution is 2.22. The van der Waals surface area contributed by atoms with E-state index in [-0.39, 0.29) is 6.10 Å². The Morgan fingerprint density at radius 2 is 1.80 bits per heavy atom. The van der Waals surface area contributed by atoms with E-state index in [1.54, 1.807) is 0 Å². The first-order valence-corrected chi connectivity index (χ1v) is 5.10. The highest BCUT2D eigenvalue weighted by Gasteiger charge is 2.07. The molecule has 0 aliphatic rings. The van der Waals surface area contributed by atoms with Crippen molar-refractivity contribution >= 4 is 0 Å². The van der Waals surface area contributed by atoms with Gasteiger partial charge in [-0.3, -0.25) is 0 Å². The van der Waals surface area contributed by atoms with E-state index in [0.717, 1.165) is 16.9 Å². The summed E-state index contributed by atoms with van der Waals surface area (Å²) < 4.78 is 5.51. The number of benzene rings is 1. The van der Waals surface area contributed by atoms with Crippen LogP contribution in [0.2, 0.25) is 0 Å². The summed E-state index contributed by atoms with van der Waals surface area (Å²) in [6, 6.07) is 7.44. The van der Waals surface area contributed by atoms with Gasteiger partial charge in [-0.2, -0.15) is 0 Å². The number of ether oxygens (including phenoxy) is 1. The SMILES string of the molecule is C=C(C)C(O)c1ccc(OC(C)C)cc1. The summed E-state index contributed by atoms with van der Waals surface area (Å²) in [5.41, 5.74) is 1.59. The summed E-state index contributed by atoms with van der Waals surface area (Å²) in [6.07, 6.45) is -0.417. The highest BCUT2D eigenvalue weighted by atomic mass is 16.5. The predicted octanol–water partition coefficient (Wildman–Crippen LogP) is 3.08. The summed E-state index contributed by atoms with van der Waals surface area (Å²) in [7, 11) is 0. The van der Waals surface area contributed by atoms with Gasteiger partial charge in [0, 0.05) is 0 Å². The van der Waals surface area contributed by atoms with Crippen LogP contribution in [0.25, 0.3) is 0 Å². The zero-order chi connectivity index (χ0) is 11.4. The molecule has 0 saturated carbocycles. The van der Waals surface area contributed by atoms with Gasteiger partial charge < -0.3 is 9.84 Å². The third-order valence-electron chi connectivity index (χ3n) is 2.03. The summed E-state index contributed by atoms with van der Waals surface area (Å²) in [6.45, 7) is 9.50. The summed E-state index contributed by atoms with van der Waals surface area (Å²) in [5.74, 6) is 0.822. The van der Waals surface area contributed by atoms with Crippen LogP contribution in [0.3, 0.4) is 0 Å². The number of hydrogen-bond donors (Lipinski definition) is 1. The molecule has 15 heavy (non-hydrogen) atoms. The monoisotopic (exact) mass is 206 g/mol. The van der Waals surface area contributed by atoms with Gasteiger partial charge in [0.25, 0.3) is 0 Å². The molecule has 0 aromatic heterocycles. The van der Waals surface area contributed by atoms with Gasteiger partial charge in [0.2, 0.25) is 0 Å². The third-order valence-corrected chi connectivity index (χ3v) is 2.03. The van der Waals surface area contributed by atoms with Crippen molar-refractivity contribution in [2.75, 3.05) is 0 Å². The summed E-state index contributed by atoms with van der Waals surface area (Å²) in [4.78, 5) is 0. The van der Waals surface area contributed by atoms with E-state index in [1.807, 2.05) is 45.0 Å². The first-order chi connectivity index (χ1) is 7.00. The van der Waals surface area contributed by atoms with E-state index in [0.29, 0.717) is 0 Å². The molecule has 0 aliphatic carbocycles. The Morgan fingerprint density at radius 3 is 2.20 bits per heavy atom. The van der Waals surface area contributed by atoms with Gasteiger partial charge >= 0.3 is 0 Å². The van der Waals surface area contributed by atoms with Gasteiger partial charge in [-0.15, -0.1) is 0 Å². The van der Waals surface area contributed by atoms with E-state index >= 15 is 0 Å². The third kappa shape index (κ3) is 3.40. The lowest BCUT2D eigenvalue weighted by Gasteiger charge is -2.13. The average molecular weight is 206 g/mol. The van der Waals surface area contributed by atoms with E-state index in [2.05, 4.69) is 6.58 Å². The molecular formula is C13H18O2. The van der Waals surface area contributed by atoms with Gasteiger partial charge in [0.1, 0.15) is 5.75 Å². The number of aliphatic hydroxyl groups is 1. The predicted molar refractivity (Wildman–Crippen MR) is 62.0 cm³/mol. The zero-order valence-corrected chi connectivity index (χ0v) is 9.53. The molecule has 1 N–H and O–H groups in total. The van der Waals surface area contributed by atoms with Crippen molar-refractivity contribution in [2.24, 2.45) is 0 Å². The maximum atomic E-state index is 9.73. The van der Waals surface area contributed by atoms with Crippen LogP contribution in [-0.4, -0.2) is 11.2 Å². The van der Waals surface area contributed by atoms with Crippen molar-refractivity contribution in [2.45, 2.75) is 33.0 Å². The second-order valence-electron chi connectivity index (χ2n) is 3.98. The van der Waals surface area contributed by atoms with E-state index in [4.69, 9.17) is 4.74 Å². The van der Waals surface area contributed by atoms with Crippen molar-refractivity contribution in [3.8, 4) is 5.75 Å². The smallest absolute Gasteiger partial charge is 0.119 e. The lowest BCUT2D eigenvalue weighted by molar-refractivity contribution is 0.215. The number of aliphatic hydroxyl groups excluding tert-OH is 1. The molecule has 0 fully saturated rings. The van der Waals surface area contributed by atoms with Crippen molar-refractivity contribution in [3.05, 3.63) is 42.0 Å². The summed E-state index contributed by atoms with van der Waals surface area (Å²) in [5, 5.41) is 9.73. The number of hydrogen-bond acceptors (Lipinski definition) is 2. The maximum absolute atomic E-state index is 9.73. The summed E-state index contributed by atoms with van der Waals surface area (Å²) >= 11 is 0. The van der Waals surface area contributed by atoms with Crippen molar-refractivity contribution in [3.63, 3.8) is 0 Å². The van der Waals surface area contributed by atoms with Crippen LogP contribution in [0.5, 0.6) is 5.75 Å². The van der Waals surface area contributed by atoms with Crippen LogP contribution in [0.4, 0.5) is 0 Å². The minimum Gasteiger partial charge on any atom is -0.491 e. The Balaban J connectivity index is 2.76. The Bertz CT molecular complexity index is 325. The molecule has 1 rings (SSSR count). The molecule has 0 saturated heterocycles. The fourth-order valence-electron chi connectivity index (χ4n) is 1.29. The van der Waals surface area contributed by atoms with Crippen LogP contribution in [0.15, 0.2) is 36.4 Å². The van der Waals surface area contributed by atoms with Crippen LogP contribution in [0, 0.1) is 0 Å². The molecule has 0 radical (unpaired) electrons. The topological polar surface area (TPSA) is 29.5 Å². The fourth-order valence-corrected chi connectivity index (χ4v) is 1.29. The molecule has 0 bridgehead atoms. The van der Waals surface area contributed by atoms with Crippen molar-refractivity contribution in [1.29, 1.82) is 0 Å². The van der Waals surface area contributed by atoms with Gasteiger partial charge in [0.05, 0.1) is 12.2 Å². The van der Waals surface area contributed by atoms with Gasteiger partial charge in [0.15, 0.2) is 0 Å². The average Bonchev–Trinajstić information content (AvgIpc) is 2.17. The lowest BCUT2D eigenvalue weighted by atomic mass is 10.0. The van der Waals surface area contributed by atoms with Crippen molar-refractivity contribution < 1.29 is 9.84 Å². The molecule has 0 heterocycles. The lowest BCUT2D eigenvalue weighted by Crippen LogP contribution is -2.05. The van der Waals surface area contributed by atoms with E-state index < -0.39 is 6.10 Å². The fraction of sp³-hybridized carbons (Fsp3) is 0.385. The first-order valence-electron chi connectivity index (χ1n) is 5.10. The molecule has 1 aromatic carbocycles. The van der Waals surface area contributed by atoms with Gasteiger partial charge in [-0.05, 0) is 44.0 Å².